The molecule has 118 valence electrons. The van der Waals surface area contributed by atoms with Crippen LogP contribution in [-0.4, -0.2) is 55.1 Å². The molecule has 1 aromatic rings. The molecule has 21 heavy (non-hydrogen) atoms. The predicted octanol–water partition coefficient (Wildman–Crippen LogP) is 2.70. The van der Waals surface area contributed by atoms with E-state index in [4.69, 9.17) is 0 Å². The number of halogens is 2. The topological polar surface area (TPSA) is 18.5 Å². The zero-order valence-corrected chi connectivity index (χ0v) is 14.7. The third-order valence-corrected chi connectivity index (χ3v) is 4.87. The lowest BCUT2D eigenvalue weighted by Gasteiger charge is -2.43. The molecule has 1 aromatic carbocycles. The normalized spacial score (nSPS) is 18.1. The Kier molecular flexibility index (Phi) is 5.77. The van der Waals surface area contributed by atoms with Gasteiger partial charge in [0.2, 0.25) is 0 Å². The van der Waals surface area contributed by atoms with Crippen molar-refractivity contribution >= 4 is 15.9 Å². The van der Waals surface area contributed by atoms with Crippen LogP contribution in [0.5, 0.6) is 0 Å². The molecule has 0 unspecified atom stereocenters. The van der Waals surface area contributed by atoms with Crippen LogP contribution in [0.4, 0.5) is 4.39 Å². The van der Waals surface area contributed by atoms with Crippen molar-refractivity contribution in [1.82, 2.24) is 15.1 Å². The molecule has 0 aromatic heterocycles. The maximum Gasteiger partial charge on any atom is 0.137 e. The molecule has 1 fully saturated rings. The molecule has 1 heterocycles. The van der Waals surface area contributed by atoms with Crippen LogP contribution in [0.25, 0.3) is 0 Å². The molecule has 3 nitrogen and oxygen atoms in total. The molecule has 1 aliphatic heterocycles. The SMILES string of the molecule is CN1CCN(C(C)(C)CNCc2ccc(Br)c(F)c2)CC1. The van der Waals surface area contributed by atoms with Crippen molar-refractivity contribution in [3.8, 4) is 0 Å². The van der Waals surface area contributed by atoms with E-state index in [1.165, 1.54) is 0 Å². The van der Waals surface area contributed by atoms with E-state index in [0.717, 1.165) is 38.3 Å². The fourth-order valence-corrected chi connectivity index (χ4v) is 2.93. The Morgan fingerprint density at radius 2 is 1.90 bits per heavy atom. The Balaban J connectivity index is 1.82. The smallest absolute Gasteiger partial charge is 0.137 e. The molecule has 1 saturated heterocycles. The van der Waals surface area contributed by atoms with E-state index in [1.807, 2.05) is 6.07 Å². The van der Waals surface area contributed by atoms with Gasteiger partial charge in [-0.2, -0.15) is 0 Å². The molecule has 0 bridgehead atoms. The summed E-state index contributed by atoms with van der Waals surface area (Å²) in [5.74, 6) is -0.201. The van der Waals surface area contributed by atoms with E-state index in [9.17, 15) is 4.39 Å². The van der Waals surface area contributed by atoms with Crippen LogP contribution >= 0.6 is 15.9 Å². The lowest BCUT2D eigenvalue weighted by molar-refractivity contribution is 0.0618. The Hall–Kier alpha value is -0.490. The molecule has 0 saturated carbocycles. The largest absolute Gasteiger partial charge is 0.311 e. The van der Waals surface area contributed by atoms with Gasteiger partial charge in [0, 0.05) is 44.8 Å². The molecule has 1 aliphatic rings. The minimum absolute atomic E-state index is 0.120. The molecule has 2 rings (SSSR count). The van der Waals surface area contributed by atoms with Gasteiger partial charge >= 0.3 is 0 Å². The number of likely N-dealkylation sites (N-methyl/N-ethyl adjacent to an activating group) is 1. The Bertz CT molecular complexity index is 471. The maximum atomic E-state index is 13.5. The number of nitrogens with one attached hydrogen (secondary N) is 1. The fraction of sp³-hybridized carbons (Fsp3) is 0.625. The van der Waals surface area contributed by atoms with Gasteiger partial charge in [-0.1, -0.05) is 6.07 Å². The van der Waals surface area contributed by atoms with Crippen LogP contribution in [0.15, 0.2) is 22.7 Å². The van der Waals surface area contributed by atoms with Crippen molar-refractivity contribution in [3.05, 3.63) is 34.1 Å². The highest BCUT2D eigenvalue weighted by Gasteiger charge is 2.28. The van der Waals surface area contributed by atoms with Crippen LogP contribution in [-0.2, 0) is 6.54 Å². The second-order valence-corrected chi connectivity index (χ2v) is 7.31. The Labute approximate surface area is 135 Å². The zero-order valence-electron chi connectivity index (χ0n) is 13.1. The zero-order chi connectivity index (χ0) is 15.5. The van der Waals surface area contributed by atoms with E-state index in [0.29, 0.717) is 11.0 Å². The molecule has 1 N–H and O–H groups in total. The lowest BCUT2D eigenvalue weighted by Crippen LogP contribution is -2.57. The van der Waals surface area contributed by atoms with Gasteiger partial charge in [0.25, 0.3) is 0 Å². The second kappa shape index (κ2) is 7.18. The molecule has 0 radical (unpaired) electrons. The van der Waals surface area contributed by atoms with Gasteiger partial charge in [-0.3, -0.25) is 4.90 Å². The first-order valence-electron chi connectivity index (χ1n) is 7.47. The minimum atomic E-state index is -0.201. The third kappa shape index (κ3) is 4.74. The van der Waals surface area contributed by atoms with Gasteiger partial charge in [-0.25, -0.2) is 4.39 Å². The number of hydrogen-bond donors (Lipinski definition) is 1. The molecular formula is C16H25BrFN3. The van der Waals surface area contributed by atoms with Crippen molar-refractivity contribution in [3.63, 3.8) is 0 Å². The molecular weight excluding hydrogens is 333 g/mol. The number of nitrogens with zero attached hydrogens (tertiary/aromatic N) is 2. The number of benzene rings is 1. The van der Waals surface area contributed by atoms with Crippen LogP contribution in [0.3, 0.4) is 0 Å². The van der Waals surface area contributed by atoms with E-state index in [1.54, 1.807) is 12.1 Å². The van der Waals surface area contributed by atoms with Crippen molar-refractivity contribution in [2.24, 2.45) is 0 Å². The number of piperazine rings is 1. The Morgan fingerprint density at radius 3 is 2.52 bits per heavy atom. The summed E-state index contributed by atoms with van der Waals surface area (Å²) in [5, 5.41) is 3.46. The monoisotopic (exact) mass is 357 g/mol. The van der Waals surface area contributed by atoms with Gasteiger partial charge in [0.05, 0.1) is 4.47 Å². The predicted molar refractivity (Wildman–Crippen MR) is 89.0 cm³/mol. The molecule has 0 spiro atoms. The highest BCUT2D eigenvalue weighted by Crippen LogP contribution is 2.18. The molecule has 0 atom stereocenters. The van der Waals surface area contributed by atoms with Crippen LogP contribution < -0.4 is 5.32 Å². The van der Waals surface area contributed by atoms with Crippen molar-refractivity contribution < 1.29 is 4.39 Å². The first-order valence-corrected chi connectivity index (χ1v) is 8.26. The average molecular weight is 358 g/mol. The van der Waals surface area contributed by atoms with E-state index in [-0.39, 0.29) is 11.4 Å². The Morgan fingerprint density at radius 1 is 1.24 bits per heavy atom. The first-order chi connectivity index (χ1) is 9.88. The fourth-order valence-electron chi connectivity index (χ4n) is 2.69. The summed E-state index contributed by atoms with van der Waals surface area (Å²) in [5.41, 5.74) is 1.10. The summed E-state index contributed by atoms with van der Waals surface area (Å²) in [4.78, 5) is 4.90. The highest BCUT2D eigenvalue weighted by molar-refractivity contribution is 9.10. The second-order valence-electron chi connectivity index (χ2n) is 6.45. The summed E-state index contributed by atoms with van der Waals surface area (Å²) in [6.45, 7) is 10.6. The minimum Gasteiger partial charge on any atom is -0.311 e. The van der Waals surface area contributed by atoms with Crippen LogP contribution in [0.1, 0.15) is 19.4 Å². The average Bonchev–Trinajstić information content (AvgIpc) is 2.43. The van der Waals surface area contributed by atoms with Gasteiger partial charge < -0.3 is 10.2 Å². The maximum absolute atomic E-state index is 13.5. The summed E-state index contributed by atoms with van der Waals surface area (Å²) >= 11 is 3.18. The number of rotatable bonds is 5. The summed E-state index contributed by atoms with van der Waals surface area (Å²) in [6.07, 6.45) is 0. The first kappa shape index (κ1) is 16.9. The van der Waals surface area contributed by atoms with Crippen molar-refractivity contribution in [2.45, 2.75) is 25.9 Å². The van der Waals surface area contributed by atoms with Crippen molar-refractivity contribution in [2.75, 3.05) is 39.8 Å². The molecule has 5 heteroatoms. The molecule has 0 amide bonds. The standard InChI is InChI=1S/C16H25BrFN3/c1-16(2,21-8-6-20(3)7-9-21)12-19-11-13-4-5-14(17)15(18)10-13/h4-5,10,19H,6-9,11-12H2,1-3H3. The van der Waals surface area contributed by atoms with Gasteiger partial charge in [0.15, 0.2) is 0 Å². The highest BCUT2D eigenvalue weighted by atomic mass is 79.9. The van der Waals surface area contributed by atoms with E-state index in [2.05, 4.69) is 51.9 Å². The third-order valence-electron chi connectivity index (χ3n) is 4.23. The molecule has 0 aliphatic carbocycles. The quantitative estimate of drug-likeness (QED) is 0.873. The van der Waals surface area contributed by atoms with Gasteiger partial charge in [-0.15, -0.1) is 0 Å². The number of hydrogen-bond acceptors (Lipinski definition) is 3. The van der Waals surface area contributed by atoms with Crippen LogP contribution in [0, 0.1) is 5.82 Å². The lowest BCUT2D eigenvalue weighted by atomic mass is 10.0. The summed E-state index contributed by atoms with van der Waals surface area (Å²) in [7, 11) is 2.17. The van der Waals surface area contributed by atoms with Gasteiger partial charge in [-0.05, 0) is 54.5 Å². The summed E-state index contributed by atoms with van der Waals surface area (Å²) in [6, 6.07) is 5.29. The van der Waals surface area contributed by atoms with Crippen molar-refractivity contribution in [1.29, 1.82) is 0 Å². The summed E-state index contributed by atoms with van der Waals surface area (Å²) < 4.78 is 14.0. The van der Waals surface area contributed by atoms with E-state index >= 15 is 0 Å². The van der Waals surface area contributed by atoms with Crippen LogP contribution in [0.2, 0.25) is 0 Å². The van der Waals surface area contributed by atoms with Gasteiger partial charge in [0.1, 0.15) is 5.82 Å². The van der Waals surface area contributed by atoms with E-state index < -0.39 is 0 Å².